The Morgan fingerprint density at radius 3 is 2.48 bits per heavy atom. The molecule has 0 bridgehead atoms. The fourth-order valence-corrected chi connectivity index (χ4v) is 2.64. The van der Waals surface area contributed by atoms with Gasteiger partial charge < -0.3 is 8.83 Å². The monoisotopic (exact) mass is 276 g/mol. The van der Waals surface area contributed by atoms with Gasteiger partial charge in [0.2, 0.25) is 0 Å². The molecule has 102 valence electrons. The van der Waals surface area contributed by atoms with Gasteiger partial charge in [0.15, 0.2) is 0 Å². The van der Waals surface area contributed by atoms with Gasteiger partial charge in [0.1, 0.15) is 16.9 Å². The highest BCUT2D eigenvalue weighted by Gasteiger charge is 2.12. The number of hydrogen-bond donors (Lipinski definition) is 0. The van der Waals surface area contributed by atoms with E-state index in [1.807, 2.05) is 55.5 Å². The van der Waals surface area contributed by atoms with E-state index < -0.39 is 0 Å². The van der Waals surface area contributed by atoms with Crippen LogP contribution in [-0.4, -0.2) is 0 Å². The van der Waals surface area contributed by atoms with Crippen molar-refractivity contribution in [3.8, 4) is 11.3 Å². The molecule has 0 spiro atoms. The summed E-state index contributed by atoms with van der Waals surface area (Å²) in [5.41, 5.74) is 2.87. The summed E-state index contributed by atoms with van der Waals surface area (Å²) in [5.74, 6) is 0.766. The van der Waals surface area contributed by atoms with Crippen molar-refractivity contribution in [1.82, 2.24) is 0 Å². The maximum absolute atomic E-state index is 11.6. The van der Waals surface area contributed by atoms with Gasteiger partial charge in [0, 0.05) is 17.0 Å². The van der Waals surface area contributed by atoms with Crippen LogP contribution in [0, 0.1) is 6.92 Å². The molecular weight excluding hydrogens is 264 g/mol. The smallest absolute Gasteiger partial charge is 0.336 e. The van der Waals surface area contributed by atoms with Crippen LogP contribution in [0.15, 0.2) is 68.2 Å². The lowest BCUT2D eigenvalue weighted by Crippen LogP contribution is -1.97. The third-order valence-corrected chi connectivity index (χ3v) is 3.67. The van der Waals surface area contributed by atoms with E-state index in [1.54, 1.807) is 0 Å². The van der Waals surface area contributed by atoms with Gasteiger partial charge in [-0.2, -0.15) is 0 Å². The maximum atomic E-state index is 11.6. The Hall–Kier alpha value is -2.81. The topological polar surface area (TPSA) is 43.4 Å². The molecule has 0 amide bonds. The highest BCUT2D eigenvalue weighted by Crippen LogP contribution is 2.33. The van der Waals surface area contributed by atoms with Crippen LogP contribution in [0.2, 0.25) is 0 Å². The summed E-state index contributed by atoms with van der Waals surface area (Å²) < 4.78 is 11.3. The number of benzene rings is 2. The van der Waals surface area contributed by atoms with Crippen LogP contribution in [0.25, 0.3) is 33.3 Å². The van der Waals surface area contributed by atoms with Crippen molar-refractivity contribution in [2.45, 2.75) is 6.92 Å². The molecule has 0 saturated carbocycles. The predicted octanol–water partition coefficient (Wildman–Crippen LogP) is 4.51. The largest absolute Gasteiger partial charge is 0.456 e. The van der Waals surface area contributed by atoms with E-state index in [0.29, 0.717) is 5.58 Å². The summed E-state index contributed by atoms with van der Waals surface area (Å²) in [5, 5.41) is 1.76. The van der Waals surface area contributed by atoms with Crippen LogP contribution in [0.1, 0.15) is 5.56 Å². The number of rotatable bonds is 1. The lowest BCUT2D eigenvalue weighted by molar-refractivity contribution is 0.562. The molecular formula is C18H12O3. The number of furan rings is 1. The van der Waals surface area contributed by atoms with Gasteiger partial charge in [0.05, 0.1) is 5.39 Å². The third kappa shape index (κ3) is 1.86. The minimum Gasteiger partial charge on any atom is -0.456 e. The first-order valence-corrected chi connectivity index (χ1v) is 6.75. The van der Waals surface area contributed by atoms with Crippen molar-refractivity contribution in [1.29, 1.82) is 0 Å². The lowest BCUT2D eigenvalue weighted by atomic mass is 10.1. The minimum atomic E-state index is -0.338. The standard InChI is InChI=1S/C18H12O3/c1-11-9-17(19)21-18-13(11)7-8-15-14(18)10-16(20-15)12-5-3-2-4-6-12/h2-10H,1H3. The maximum Gasteiger partial charge on any atom is 0.336 e. The Labute approximate surface area is 120 Å². The molecule has 0 fully saturated rings. The Morgan fingerprint density at radius 2 is 1.67 bits per heavy atom. The van der Waals surface area contributed by atoms with Crippen LogP contribution in [-0.2, 0) is 0 Å². The van der Waals surface area contributed by atoms with Gasteiger partial charge in [-0.05, 0) is 30.7 Å². The second-order valence-corrected chi connectivity index (χ2v) is 5.08. The van der Waals surface area contributed by atoms with E-state index in [1.165, 1.54) is 6.07 Å². The van der Waals surface area contributed by atoms with Crippen LogP contribution in [0.5, 0.6) is 0 Å². The summed E-state index contributed by atoms with van der Waals surface area (Å²) in [7, 11) is 0. The normalized spacial score (nSPS) is 11.3. The van der Waals surface area contributed by atoms with Crippen LogP contribution >= 0.6 is 0 Å². The molecule has 0 aliphatic carbocycles. The van der Waals surface area contributed by atoms with Crippen molar-refractivity contribution < 1.29 is 8.83 Å². The zero-order valence-corrected chi connectivity index (χ0v) is 11.4. The van der Waals surface area contributed by atoms with Gasteiger partial charge in [-0.3, -0.25) is 0 Å². The molecule has 0 saturated heterocycles. The first-order valence-electron chi connectivity index (χ1n) is 6.75. The summed E-state index contributed by atoms with van der Waals surface area (Å²) in [4.78, 5) is 11.6. The molecule has 2 heterocycles. The quantitative estimate of drug-likeness (QED) is 0.480. The van der Waals surface area contributed by atoms with Gasteiger partial charge in [-0.1, -0.05) is 30.3 Å². The van der Waals surface area contributed by atoms with Crippen LogP contribution in [0.4, 0.5) is 0 Å². The number of aryl methyl sites for hydroxylation is 1. The molecule has 0 unspecified atom stereocenters. The van der Waals surface area contributed by atoms with E-state index >= 15 is 0 Å². The molecule has 2 aromatic heterocycles. The fraction of sp³-hybridized carbons (Fsp3) is 0.0556. The molecule has 4 aromatic rings. The van der Waals surface area contributed by atoms with Gasteiger partial charge >= 0.3 is 5.63 Å². The Balaban J connectivity index is 2.08. The fourth-order valence-electron chi connectivity index (χ4n) is 2.64. The summed E-state index contributed by atoms with van der Waals surface area (Å²) in [6.07, 6.45) is 0. The average Bonchev–Trinajstić information content (AvgIpc) is 2.92. The van der Waals surface area contributed by atoms with Gasteiger partial charge in [0.25, 0.3) is 0 Å². The molecule has 0 radical (unpaired) electrons. The van der Waals surface area contributed by atoms with E-state index in [2.05, 4.69) is 0 Å². The lowest BCUT2D eigenvalue weighted by Gasteiger charge is -1.99. The van der Waals surface area contributed by atoms with E-state index in [-0.39, 0.29) is 5.63 Å². The van der Waals surface area contributed by atoms with Crippen molar-refractivity contribution in [2.24, 2.45) is 0 Å². The van der Waals surface area contributed by atoms with Crippen molar-refractivity contribution in [3.05, 3.63) is 70.6 Å². The first-order chi connectivity index (χ1) is 10.2. The summed E-state index contributed by atoms with van der Waals surface area (Å²) >= 11 is 0. The Kier molecular flexibility index (Phi) is 2.48. The first kappa shape index (κ1) is 12.0. The molecule has 2 aromatic carbocycles. The Morgan fingerprint density at radius 1 is 0.857 bits per heavy atom. The second kappa shape index (κ2) is 4.35. The zero-order chi connectivity index (χ0) is 14.4. The highest BCUT2D eigenvalue weighted by atomic mass is 16.4. The summed E-state index contributed by atoms with van der Waals surface area (Å²) in [6.45, 7) is 1.91. The number of hydrogen-bond acceptors (Lipinski definition) is 3. The van der Waals surface area contributed by atoms with Crippen LogP contribution in [0.3, 0.4) is 0 Å². The van der Waals surface area contributed by atoms with Crippen molar-refractivity contribution in [2.75, 3.05) is 0 Å². The van der Waals surface area contributed by atoms with Crippen molar-refractivity contribution in [3.63, 3.8) is 0 Å². The average molecular weight is 276 g/mol. The molecule has 0 aliphatic rings. The third-order valence-electron chi connectivity index (χ3n) is 3.67. The van der Waals surface area contributed by atoms with Gasteiger partial charge in [-0.15, -0.1) is 0 Å². The summed E-state index contributed by atoms with van der Waals surface area (Å²) in [6, 6.07) is 17.1. The minimum absolute atomic E-state index is 0.338. The SMILES string of the molecule is Cc1cc(=O)oc2c1ccc1oc(-c3ccccc3)cc12. The molecule has 4 rings (SSSR count). The second-order valence-electron chi connectivity index (χ2n) is 5.08. The predicted molar refractivity (Wildman–Crippen MR) is 82.4 cm³/mol. The van der Waals surface area contributed by atoms with Crippen molar-refractivity contribution >= 4 is 21.9 Å². The molecule has 0 N–H and O–H groups in total. The van der Waals surface area contributed by atoms with E-state index in [4.69, 9.17) is 8.83 Å². The van der Waals surface area contributed by atoms with E-state index in [0.717, 1.165) is 33.2 Å². The highest BCUT2D eigenvalue weighted by molar-refractivity contribution is 6.04. The molecule has 3 nitrogen and oxygen atoms in total. The molecule has 21 heavy (non-hydrogen) atoms. The van der Waals surface area contributed by atoms with Crippen LogP contribution < -0.4 is 5.63 Å². The molecule has 3 heteroatoms. The molecule has 0 atom stereocenters. The molecule has 0 aliphatic heterocycles. The van der Waals surface area contributed by atoms with E-state index in [9.17, 15) is 4.79 Å². The van der Waals surface area contributed by atoms with Gasteiger partial charge in [-0.25, -0.2) is 4.79 Å². The number of fused-ring (bicyclic) bond motifs is 3. The zero-order valence-electron chi connectivity index (χ0n) is 11.4. The Bertz CT molecular complexity index is 1010.